The molecule has 1 saturated carbocycles. The molecule has 5 rings (SSSR count). The lowest BCUT2D eigenvalue weighted by Gasteiger charge is -2.50. The molecule has 2 aliphatic rings. The van der Waals surface area contributed by atoms with Gasteiger partial charge in [0.25, 0.3) is 0 Å². The van der Waals surface area contributed by atoms with E-state index in [1.165, 1.54) is 7.11 Å². The predicted octanol–water partition coefficient (Wildman–Crippen LogP) is 4.95. The van der Waals surface area contributed by atoms with Gasteiger partial charge in [0.1, 0.15) is 5.78 Å². The summed E-state index contributed by atoms with van der Waals surface area (Å²) in [7, 11) is 1.38. The molecule has 3 aromatic rings. The maximum absolute atomic E-state index is 12.8. The van der Waals surface area contributed by atoms with Crippen LogP contribution in [0.15, 0.2) is 54.7 Å². The third kappa shape index (κ3) is 4.22. The molecule has 0 N–H and O–H groups in total. The maximum Gasteiger partial charge on any atom is 0.338 e. The van der Waals surface area contributed by atoms with Crippen LogP contribution in [0.2, 0.25) is 0 Å². The molecule has 0 spiro atoms. The molecule has 1 aromatic heterocycles. The lowest BCUT2D eigenvalue weighted by molar-refractivity contribution is -0.128. The Kier molecular flexibility index (Phi) is 6.63. The van der Waals surface area contributed by atoms with Crippen LogP contribution in [-0.4, -0.2) is 41.4 Å². The lowest BCUT2D eigenvalue weighted by atomic mass is 9.53. The van der Waals surface area contributed by atoms with Gasteiger partial charge in [0.05, 0.1) is 30.5 Å². The lowest BCUT2D eigenvalue weighted by Crippen LogP contribution is -2.50. The van der Waals surface area contributed by atoms with Gasteiger partial charge in [0.15, 0.2) is 5.82 Å². The highest BCUT2D eigenvalue weighted by molar-refractivity contribution is 5.90. The fourth-order valence-electron chi connectivity index (χ4n) is 6.11. The number of aryl methyl sites for hydroxylation is 1. The summed E-state index contributed by atoms with van der Waals surface area (Å²) < 4.78 is 10.1. The van der Waals surface area contributed by atoms with E-state index in [9.17, 15) is 14.4 Å². The normalized spacial score (nSPS) is 22.5. The molecule has 7 nitrogen and oxygen atoms in total. The molecule has 3 atom stereocenters. The minimum Gasteiger partial charge on any atom is -0.465 e. The Morgan fingerprint density at radius 2 is 1.84 bits per heavy atom. The number of hydrogen-bond donors (Lipinski definition) is 0. The molecule has 190 valence electrons. The highest BCUT2D eigenvalue weighted by atomic mass is 16.5. The van der Waals surface area contributed by atoms with E-state index in [0.29, 0.717) is 36.4 Å². The molecule has 37 heavy (non-hydrogen) atoms. The van der Waals surface area contributed by atoms with Crippen molar-refractivity contribution < 1.29 is 23.9 Å². The Balaban J connectivity index is 1.64. The topological polar surface area (TPSA) is 95.5 Å². The standard InChI is InChI=1S/C30H30N2O5/c1-4-37-29(35)20-10-8-19(9-11-20)27-31-17-22-12-13-24-18(2)25(33)14-15-30(24,26(22)32-27)23-7-5-6-21(16-23)28(34)36-3/h5-11,16-18,24H,4,12-15H2,1-3H3/t18-,24-,30?/m0/s1. The summed E-state index contributed by atoms with van der Waals surface area (Å²) in [6, 6.07) is 14.6. The van der Waals surface area contributed by atoms with Gasteiger partial charge < -0.3 is 9.47 Å². The van der Waals surface area contributed by atoms with Crippen LogP contribution in [0, 0.1) is 11.8 Å². The van der Waals surface area contributed by atoms with Gasteiger partial charge in [-0.3, -0.25) is 4.79 Å². The average molecular weight is 499 g/mol. The molecule has 0 saturated heterocycles. The predicted molar refractivity (Wildman–Crippen MR) is 137 cm³/mol. The van der Waals surface area contributed by atoms with Crippen LogP contribution < -0.4 is 0 Å². The van der Waals surface area contributed by atoms with E-state index in [0.717, 1.165) is 35.2 Å². The third-order valence-corrected chi connectivity index (χ3v) is 7.97. The van der Waals surface area contributed by atoms with E-state index in [1.54, 1.807) is 25.1 Å². The van der Waals surface area contributed by atoms with Crippen LogP contribution in [0.4, 0.5) is 0 Å². The minimum absolute atomic E-state index is 0.0584. The van der Waals surface area contributed by atoms with Crippen LogP contribution in [0.1, 0.15) is 70.6 Å². The first-order chi connectivity index (χ1) is 17.9. The fraction of sp³-hybridized carbons (Fsp3) is 0.367. The molecule has 0 amide bonds. The van der Waals surface area contributed by atoms with Gasteiger partial charge in [-0.1, -0.05) is 31.2 Å². The minimum atomic E-state index is -0.520. The van der Waals surface area contributed by atoms with E-state index in [4.69, 9.17) is 14.5 Å². The van der Waals surface area contributed by atoms with Crippen molar-refractivity contribution in [1.82, 2.24) is 9.97 Å². The molecule has 1 unspecified atom stereocenters. The van der Waals surface area contributed by atoms with Crippen LogP contribution in [-0.2, 0) is 26.1 Å². The van der Waals surface area contributed by atoms with Gasteiger partial charge in [0, 0.05) is 29.5 Å². The Labute approximate surface area is 216 Å². The summed E-state index contributed by atoms with van der Waals surface area (Å²) in [5.41, 5.74) is 4.18. The number of fused-ring (bicyclic) bond motifs is 3. The maximum atomic E-state index is 12.8. The van der Waals surface area contributed by atoms with Gasteiger partial charge in [0.2, 0.25) is 0 Å². The molecule has 0 aliphatic heterocycles. The monoisotopic (exact) mass is 498 g/mol. The van der Waals surface area contributed by atoms with Crippen LogP contribution >= 0.6 is 0 Å². The summed E-state index contributed by atoms with van der Waals surface area (Å²) >= 11 is 0. The van der Waals surface area contributed by atoms with Crippen molar-refractivity contribution in [2.45, 2.75) is 44.9 Å². The van der Waals surface area contributed by atoms with Crippen molar-refractivity contribution in [3.05, 3.63) is 82.7 Å². The van der Waals surface area contributed by atoms with Crippen molar-refractivity contribution in [3.8, 4) is 11.4 Å². The van der Waals surface area contributed by atoms with Crippen LogP contribution in [0.25, 0.3) is 11.4 Å². The molecular weight excluding hydrogens is 468 g/mol. The number of methoxy groups -OCH3 is 1. The number of nitrogens with zero attached hydrogens (tertiary/aromatic N) is 2. The Bertz CT molecular complexity index is 1370. The van der Waals surface area contributed by atoms with E-state index in [1.807, 2.05) is 43.5 Å². The molecule has 1 heterocycles. The molecule has 2 aromatic carbocycles. The van der Waals surface area contributed by atoms with Crippen molar-refractivity contribution in [2.24, 2.45) is 11.8 Å². The zero-order valence-corrected chi connectivity index (χ0v) is 21.3. The van der Waals surface area contributed by atoms with Gasteiger partial charge in [-0.05, 0) is 67.5 Å². The zero-order valence-electron chi connectivity index (χ0n) is 21.3. The average Bonchev–Trinajstić information content (AvgIpc) is 2.94. The summed E-state index contributed by atoms with van der Waals surface area (Å²) in [5, 5.41) is 0. The number of ketones is 1. The van der Waals surface area contributed by atoms with E-state index in [-0.39, 0.29) is 23.6 Å². The van der Waals surface area contributed by atoms with Gasteiger partial charge in [-0.2, -0.15) is 0 Å². The summed E-state index contributed by atoms with van der Waals surface area (Å²) in [5.74, 6) is 0.0123. The largest absolute Gasteiger partial charge is 0.465 e. The second-order valence-electron chi connectivity index (χ2n) is 9.81. The van der Waals surface area contributed by atoms with E-state index in [2.05, 4.69) is 4.98 Å². The highest BCUT2D eigenvalue weighted by Gasteiger charge is 2.53. The second-order valence-corrected chi connectivity index (χ2v) is 9.81. The van der Waals surface area contributed by atoms with Crippen molar-refractivity contribution >= 4 is 17.7 Å². The number of carbonyl (C=O) groups is 3. The fourth-order valence-corrected chi connectivity index (χ4v) is 6.11. The SMILES string of the molecule is CCOC(=O)c1ccc(-c2ncc3c(n2)C2(c4cccc(C(=O)OC)c4)CCC(=O)[C@@H](C)[C@@H]2CC3)cc1. The number of rotatable bonds is 5. The van der Waals surface area contributed by atoms with Gasteiger partial charge in [-0.25, -0.2) is 19.6 Å². The van der Waals surface area contributed by atoms with Gasteiger partial charge in [-0.15, -0.1) is 0 Å². The first-order valence-corrected chi connectivity index (χ1v) is 12.7. The van der Waals surface area contributed by atoms with Gasteiger partial charge >= 0.3 is 11.9 Å². The third-order valence-electron chi connectivity index (χ3n) is 7.97. The molecule has 0 bridgehead atoms. The summed E-state index contributed by atoms with van der Waals surface area (Å²) in [4.78, 5) is 47.1. The highest BCUT2D eigenvalue weighted by Crippen LogP contribution is 2.54. The molecule has 7 heteroatoms. The number of carbonyl (C=O) groups excluding carboxylic acids is 3. The Morgan fingerprint density at radius 3 is 2.57 bits per heavy atom. The van der Waals surface area contributed by atoms with Crippen molar-refractivity contribution in [1.29, 1.82) is 0 Å². The molecule has 2 aliphatic carbocycles. The number of aromatic nitrogens is 2. The zero-order chi connectivity index (χ0) is 26.2. The Hall–Kier alpha value is -3.87. The van der Waals surface area contributed by atoms with Crippen molar-refractivity contribution in [3.63, 3.8) is 0 Å². The van der Waals surface area contributed by atoms with E-state index < -0.39 is 11.4 Å². The van der Waals surface area contributed by atoms with Crippen LogP contribution in [0.3, 0.4) is 0 Å². The van der Waals surface area contributed by atoms with Crippen LogP contribution in [0.5, 0.6) is 0 Å². The number of Topliss-reactive ketones (excluding diaryl/α,β-unsaturated/α-hetero) is 1. The smallest absolute Gasteiger partial charge is 0.338 e. The quantitative estimate of drug-likeness (QED) is 0.459. The summed E-state index contributed by atoms with van der Waals surface area (Å²) in [6.07, 6.45) is 4.60. The molecule has 0 radical (unpaired) electrons. The first kappa shape index (κ1) is 24.8. The Morgan fingerprint density at radius 1 is 1.05 bits per heavy atom. The summed E-state index contributed by atoms with van der Waals surface area (Å²) in [6.45, 7) is 4.11. The molecule has 1 fully saturated rings. The number of hydrogen-bond acceptors (Lipinski definition) is 7. The number of esters is 2. The first-order valence-electron chi connectivity index (χ1n) is 12.7. The van der Waals surface area contributed by atoms with E-state index >= 15 is 0 Å². The molecular formula is C30H30N2O5. The van der Waals surface area contributed by atoms with Crippen molar-refractivity contribution in [2.75, 3.05) is 13.7 Å². The second kappa shape index (κ2) is 9.88. The number of benzene rings is 2. The number of ether oxygens (including phenoxy) is 2.